The zero-order valence-electron chi connectivity index (χ0n) is 14.8. The van der Waals surface area contributed by atoms with E-state index in [1.807, 2.05) is 20.0 Å². The van der Waals surface area contributed by atoms with E-state index >= 15 is 0 Å². The Morgan fingerprint density at radius 1 is 1.24 bits per heavy atom. The molecule has 1 atom stereocenters. The van der Waals surface area contributed by atoms with Gasteiger partial charge in [-0.3, -0.25) is 4.90 Å². The zero-order chi connectivity index (χ0) is 18.0. The molecule has 0 radical (unpaired) electrons. The zero-order valence-corrected chi connectivity index (χ0v) is 14.8. The highest BCUT2D eigenvalue weighted by atomic mass is 19.2. The summed E-state index contributed by atoms with van der Waals surface area (Å²) in [5, 5.41) is 9.49. The summed E-state index contributed by atoms with van der Waals surface area (Å²) in [4.78, 5) is 6.84. The maximum atomic E-state index is 13.3. The van der Waals surface area contributed by atoms with E-state index in [1.165, 1.54) is 12.1 Å². The Hall–Kier alpha value is -1.79. The molecule has 1 saturated heterocycles. The molecule has 1 aromatic heterocycles. The van der Waals surface area contributed by atoms with Crippen LogP contribution in [0.1, 0.15) is 48.8 Å². The normalized spacial score (nSPS) is 17.8. The van der Waals surface area contributed by atoms with Gasteiger partial charge >= 0.3 is 0 Å². The molecule has 0 saturated carbocycles. The van der Waals surface area contributed by atoms with Crippen molar-refractivity contribution in [1.82, 2.24) is 14.5 Å². The van der Waals surface area contributed by atoms with E-state index in [1.54, 1.807) is 6.07 Å². The van der Waals surface area contributed by atoms with Gasteiger partial charge in [0.1, 0.15) is 5.82 Å². The van der Waals surface area contributed by atoms with Crippen LogP contribution in [0.4, 0.5) is 8.78 Å². The molecule has 0 spiro atoms. The van der Waals surface area contributed by atoms with Gasteiger partial charge in [0.05, 0.1) is 12.6 Å². The molecule has 2 aromatic rings. The van der Waals surface area contributed by atoms with E-state index in [0.29, 0.717) is 12.5 Å². The Balaban J connectivity index is 1.63. The fraction of sp³-hybridized carbons (Fsp3) is 0.526. The van der Waals surface area contributed by atoms with E-state index in [2.05, 4.69) is 14.5 Å². The molecule has 0 bridgehead atoms. The lowest BCUT2D eigenvalue weighted by Gasteiger charge is -2.32. The average Bonchev–Trinajstić information content (AvgIpc) is 3.00. The first-order valence-corrected chi connectivity index (χ1v) is 8.80. The fourth-order valence-electron chi connectivity index (χ4n) is 3.67. The molecule has 1 N–H and O–H groups in total. The molecular weight excluding hydrogens is 324 g/mol. The largest absolute Gasteiger partial charge is 0.394 e. The summed E-state index contributed by atoms with van der Waals surface area (Å²) in [6.45, 7) is 6.52. The van der Waals surface area contributed by atoms with Crippen LogP contribution in [0.25, 0.3) is 0 Å². The molecule has 2 heterocycles. The van der Waals surface area contributed by atoms with Crippen molar-refractivity contribution >= 4 is 0 Å². The van der Waals surface area contributed by atoms with Crippen molar-refractivity contribution in [2.75, 3.05) is 19.7 Å². The van der Waals surface area contributed by atoms with E-state index in [-0.39, 0.29) is 12.6 Å². The molecule has 1 aromatic carbocycles. The van der Waals surface area contributed by atoms with E-state index in [4.69, 9.17) is 0 Å². The van der Waals surface area contributed by atoms with Crippen LogP contribution >= 0.6 is 0 Å². The topological polar surface area (TPSA) is 41.3 Å². The molecule has 6 heteroatoms. The number of aliphatic hydroxyl groups is 1. The van der Waals surface area contributed by atoms with Gasteiger partial charge in [0.15, 0.2) is 11.6 Å². The minimum absolute atomic E-state index is 0.0257. The van der Waals surface area contributed by atoms with Gasteiger partial charge < -0.3 is 9.67 Å². The van der Waals surface area contributed by atoms with Crippen LogP contribution < -0.4 is 0 Å². The van der Waals surface area contributed by atoms with Gasteiger partial charge in [-0.1, -0.05) is 6.07 Å². The molecule has 0 amide bonds. The van der Waals surface area contributed by atoms with Crippen LogP contribution in [-0.4, -0.2) is 39.3 Å². The second-order valence-corrected chi connectivity index (χ2v) is 6.96. The second-order valence-electron chi connectivity index (χ2n) is 6.96. The van der Waals surface area contributed by atoms with Crippen LogP contribution in [0.2, 0.25) is 0 Å². The Morgan fingerprint density at radius 2 is 1.96 bits per heavy atom. The van der Waals surface area contributed by atoms with Gasteiger partial charge in [-0.2, -0.15) is 0 Å². The smallest absolute Gasteiger partial charge is 0.159 e. The van der Waals surface area contributed by atoms with Crippen molar-refractivity contribution in [1.29, 1.82) is 0 Å². The van der Waals surface area contributed by atoms with Crippen molar-refractivity contribution in [2.45, 2.75) is 45.2 Å². The van der Waals surface area contributed by atoms with Gasteiger partial charge in [0.2, 0.25) is 0 Å². The standard InChI is InChI=1S/C19H25F2N3O/c1-13-10-22-19(24(13)14(2)12-25)16-5-7-23(8-6-16)11-15-3-4-17(20)18(21)9-15/h3-4,9-10,14,16,25H,5-8,11-12H2,1-2H3/t14-/m1/s1. The lowest BCUT2D eigenvalue weighted by atomic mass is 9.95. The predicted octanol–water partition coefficient (Wildman–Crippen LogP) is 3.40. The molecule has 3 rings (SSSR count). The highest BCUT2D eigenvalue weighted by Gasteiger charge is 2.26. The number of piperidine rings is 1. The number of likely N-dealkylation sites (tertiary alicyclic amines) is 1. The van der Waals surface area contributed by atoms with Gasteiger partial charge in [0.25, 0.3) is 0 Å². The first kappa shape index (κ1) is 18.0. The van der Waals surface area contributed by atoms with Crippen molar-refractivity contribution in [3.63, 3.8) is 0 Å². The third-order valence-corrected chi connectivity index (χ3v) is 5.06. The number of rotatable bonds is 5. The summed E-state index contributed by atoms with van der Waals surface area (Å²) >= 11 is 0. The minimum atomic E-state index is -0.803. The first-order chi connectivity index (χ1) is 12.0. The third-order valence-electron chi connectivity index (χ3n) is 5.06. The summed E-state index contributed by atoms with van der Waals surface area (Å²) in [5.74, 6) is -0.180. The van der Waals surface area contributed by atoms with Crippen LogP contribution in [-0.2, 0) is 6.54 Å². The number of aliphatic hydroxyl groups excluding tert-OH is 1. The number of benzene rings is 1. The Labute approximate surface area is 147 Å². The van der Waals surface area contributed by atoms with Crippen molar-refractivity contribution in [2.24, 2.45) is 0 Å². The lowest BCUT2D eigenvalue weighted by Crippen LogP contribution is -2.33. The second kappa shape index (κ2) is 7.62. The Bertz CT molecular complexity index is 723. The number of hydrogen-bond donors (Lipinski definition) is 1. The van der Waals surface area contributed by atoms with Gasteiger partial charge in [0, 0.05) is 24.4 Å². The SMILES string of the molecule is Cc1cnc(C2CCN(Cc3ccc(F)c(F)c3)CC2)n1[C@H](C)CO. The Morgan fingerprint density at radius 3 is 2.60 bits per heavy atom. The maximum absolute atomic E-state index is 13.3. The summed E-state index contributed by atoms with van der Waals surface area (Å²) in [6.07, 6.45) is 3.81. The molecular formula is C19H25F2N3O. The van der Waals surface area contributed by atoms with Crippen LogP contribution in [0.15, 0.2) is 24.4 Å². The Kier molecular flexibility index (Phi) is 5.49. The highest BCUT2D eigenvalue weighted by molar-refractivity contribution is 5.18. The monoisotopic (exact) mass is 349 g/mol. The number of hydrogen-bond acceptors (Lipinski definition) is 3. The van der Waals surface area contributed by atoms with Crippen molar-refractivity contribution in [3.8, 4) is 0 Å². The van der Waals surface area contributed by atoms with E-state index in [9.17, 15) is 13.9 Å². The first-order valence-electron chi connectivity index (χ1n) is 8.80. The number of nitrogens with zero attached hydrogens (tertiary/aromatic N) is 3. The van der Waals surface area contributed by atoms with Gasteiger partial charge in [-0.05, 0) is 57.5 Å². The molecule has 1 fully saturated rings. The summed E-state index contributed by atoms with van der Waals surface area (Å²) in [7, 11) is 0. The van der Waals surface area contributed by atoms with Crippen LogP contribution in [0, 0.1) is 18.6 Å². The van der Waals surface area contributed by atoms with Crippen LogP contribution in [0.5, 0.6) is 0 Å². The maximum Gasteiger partial charge on any atom is 0.159 e. The van der Waals surface area contributed by atoms with Crippen molar-refractivity contribution in [3.05, 3.63) is 53.1 Å². The predicted molar refractivity (Wildman–Crippen MR) is 92.4 cm³/mol. The highest BCUT2D eigenvalue weighted by Crippen LogP contribution is 2.30. The molecule has 136 valence electrons. The molecule has 0 unspecified atom stereocenters. The molecule has 1 aliphatic heterocycles. The molecule has 4 nitrogen and oxygen atoms in total. The number of halogens is 2. The summed E-state index contributed by atoms with van der Waals surface area (Å²) < 4.78 is 28.5. The lowest BCUT2D eigenvalue weighted by molar-refractivity contribution is 0.193. The molecule has 25 heavy (non-hydrogen) atoms. The quantitative estimate of drug-likeness (QED) is 0.899. The van der Waals surface area contributed by atoms with Gasteiger partial charge in [-0.15, -0.1) is 0 Å². The van der Waals surface area contributed by atoms with E-state index < -0.39 is 11.6 Å². The molecule has 0 aliphatic carbocycles. The number of aryl methyl sites for hydroxylation is 1. The van der Waals surface area contributed by atoms with E-state index in [0.717, 1.165) is 43.0 Å². The number of imidazole rings is 1. The number of aromatic nitrogens is 2. The molecule has 1 aliphatic rings. The summed E-state index contributed by atoms with van der Waals surface area (Å²) in [5.41, 5.74) is 1.87. The van der Waals surface area contributed by atoms with Gasteiger partial charge in [-0.25, -0.2) is 13.8 Å². The third kappa shape index (κ3) is 3.90. The minimum Gasteiger partial charge on any atom is -0.394 e. The van der Waals surface area contributed by atoms with Crippen molar-refractivity contribution < 1.29 is 13.9 Å². The van der Waals surface area contributed by atoms with Crippen LogP contribution in [0.3, 0.4) is 0 Å². The summed E-state index contributed by atoms with van der Waals surface area (Å²) in [6, 6.07) is 4.13. The average molecular weight is 349 g/mol. The fourth-order valence-corrected chi connectivity index (χ4v) is 3.67.